The van der Waals surface area contributed by atoms with Gasteiger partial charge in [0.1, 0.15) is 0 Å². The normalized spacial score (nSPS) is 34.3. The van der Waals surface area contributed by atoms with Crippen LogP contribution < -0.4 is 0 Å². The molecule has 0 bridgehead atoms. The molecule has 3 aliphatic carbocycles. The second-order valence-corrected chi connectivity index (χ2v) is 12.0. The number of nitrogens with zero attached hydrogens (tertiary/aromatic N) is 3. The summed E-state index contributed by atoms with van der Waals surface area (Å²) in [5.41, 5.74) is 0.249. The fourth-order valence-corrected chi connectivity index (χ4v) is 8.57. The van der Waals surface area contributed by atoms with Crippen LogP contribution in [0.25, 0.3) is 0 Å². The van der Waals surface area contributed by atoms with E-state index in [0.717, 1.165) is 44.2 Å². The Hall–Kier alpha value is -1.63. The van der Waals surface area contributed by atoms with Crippen molar-refractivity contribution in [2.75, 3.05) is 13.1 Å². The molecule has 4 atom stereocenters. The SMILES string of the molecule is O=C(N1CCc2ncc(C(F)(F)F)cc2C1)C12CCCC1CC(N1CCCC1C1CCCCC1)C2. The summed E-state index contributed by atoms with van der Waals surface area (Å²) in [6, 6.07) is 2.40. The van der Waals surface area contributed by atoms with Gasteiger partial charge in [-0.25, -0.2) is 0 Å². The van der Waals surface area contributed by atoms with Gasteiger partial charge >= 0.3 is 6.18 Å². The van der Waals surface area contributed by atoms with Crippen LogP contribution in [-0.2, 0) is 23.9 Å². The molecule has 0 N–H and O–H groups in total. The molecule has 4 fully saturated rings. The van der Waals surface area contributed by atoms with Crippen LogP contribution in [0.3, 0.4) is 0 Å². The van der Waals surface area contributed by atoms with E-state index in [9.17, 15) is 18.0 Å². The maximum atomic E-state index is 14.1. The second kappa shape index (κ2) is 9.04. The van der Waals surface area contributed by atoms with Gasteiger partial charge in [-0.2, -0.15) is 13.2 Å². The van der Waals surface area contributed by atoms with Crippen LogP contribution in [0.4, 0.5) is 13.2 Å². The van der Waals surface area contributed by atoms with Gasteiger partial charge in [0, 0.05) is 43.5 Å². The lowest BCUT2D eigenvalue weighted by molar-refractivity contribution is -0.144. The first-order chi connectivity index (χ1) is 16.8. The molecule has 6 rings (SSSR count). The third-order valence-corrected chi connectivity index (χ3v) is 10.2. The maximum Gasteiger partial charge on any atom is 0.417 e. The van der Waals surface area contributed by atoms with Crippen LogP contribution in [0.5, 0.6) is 0 Å². The number of rotatable bonds is 3. The van der Waals surface area contributed by atoms with Crippen molar-refractivity contribution in [2.45, 2.75) is 108 Å². The predicted molar refractivity (Wildman–Crippen MR) is 127 cm³/mol. The zero-order valence-electron chi connectivity index (χ0n) is 20.7. The van der Waals surface area contributed by atoms with Crippen molar-refractivity contribution in [3.63, 3.8) is 0 Å². The Morgan fingerprint density at radius 1 is 1.03 bits per heavy atom. The van der Waals surface area contributed by atoms with E-state index in [0.29, 0.717) is 42.2 Å². The summed E-state index contributed by atoms with van der Waals surface area (Å²) >= 11 is 0. The highest BCUT2D eigenvalue weighted by Gasteiger charge is 2.58. The molecule has 4 nitrogen and oxygen atoms in total. The summed E-state index contributed by atoms with van der Waals surface area (Å²) in [5, 5.41) is 0. The molecule has 1 aromatic rings. The van der Waals surface area contributed by atoms with E-state index in [2.05, 4.69) is 9.88 Å². The summed E-state index contributed by atoms with van der Waals surface area (Å²) in [6.45, 7) is 2.00. The number of halogens is 3. The molecule has 0 spiro atoms. The minimum absolute atomic E-state index is 0.207. The molecular formula is C28H38F3N3O. The predicted octanol–water partition coefficient (Wildman–Crippen LogP) is 5.98. The Kier molecular flexibility index (Phi) is 6.13. The first-order valence-electron chi connectivity index (χ1n) is 14.0. The van der Waals surface area contributed by atoms with Gasteiger partial charge in [-0.05, 0) is 81.4 Å². The Labute approximate surface area is 206 Å². The topological polar surface area (TPSA) is 36.4 Å². The quantitative estimate of drug-likeness (QED) is 0.524. The summed E-state index contributed by atoms with van der Waals surface area (Å²) in [6.07, 6.45) is 11.7. The van der Waals surface area contributed by atoms with Crippen molar-refractivity contribution in [1.29, 1.82) is 0 Å². The molecule has 7 heteroatoms. The molecule has 192 valence electrons. The van der Waals surface area contributed by atoms with Gasteiger partial charge in [0.15, 0.2) is 0 Å². The average Bonchev–Trinajstić information content (AvgIpc) is 3.57. The van der Waals surface area contributed by atoms with Crippen molar-refractivity contribution >= 4 is 5.91 Å². The second-order valence-electron chi connectivity index (χ2n) is 12.0. The van der Waals surface area contributed by atoms with E-state index in [-0.39, 0.29) is 17.9 Å². The van der Waals surface area contributed by atoms with Gasteiger partial charge in [-0.1, -0.05) is 25.7 Å². The Bertz CT molecular complexity index is 959. The molecular weight excluding hydrogens is 451 g/mol. The Morgan fingerprint density at radius 2 is 1.86 bits per heavy atom. The molecule has 3 saturated carbocycles. The van der Waals surface area contributed by atoms with E-state index in [4.69, 9.17) is 0 Å². The smallest absolute Gasteiger partial charge is 0.337 e. The van der Waals surface area contributed by atoms with E-state index < -0.39 is 11.7 Å². The summed E-state index contributed by atoms with van der Waals surface area (Å²) in [4.78, 5) is 22.9. The first-order valence-corrected chi connectivity index (χ1v) is 14.0. The van der Waals surface area contributed by atoms with Gasteiger partial charge < -0.3 is 4.90 Å². The van der Waals surface area contributed by atoms with E-state index >= 15 is 0 Å². The lowest BCUT2D eigenvalue weighted by atomic mass is 9.78. The van der Waals surface area contributed by atoms with Gasteiger partial charge in [-0.15, -0.1) is 0 Å². The van der Waals surface area contributed by atoms with Crippen LogP contribution in [0.2, 0.25) is 0 Å². The zero-order chi connectivity index (χ0) is 24.2. The van der Waals surface area contributed by atoms with Crippen molar-refractivity contribution in [3.8, 4) is 0 Å². The lowest BCUT2D eigenvalue weighted by Crippen LogP contribution is -2.47. The van der Waals surface area contributed by atoms with Gasteiger partial charge in [0.2, 0.25) is 5.91 Å². The summed E-state index contributed by atoms with van der Waals surface area (Å²) < 4.78 is 39.8. The van der Waals surface area contributed by atoms with Crippen molar-refractivity contribution in [1.82, 2.24) is 14.8 Å². The van der Waals surface area contributed by atoms with E-state index in [1.165, 1.54) is 57.6 Å². The van der Waals surface area contributed by atoms with Crippen LogP contribution in [0.1, 0.15) is 93.9 Å². The number of hydrogen-bond donors (Lipinski definition) is 0. The molecule has 1 saturated heterocycles. The lowest BCUT2D eigenvalue weighted by Gasteiger charge is -2.39. The molecule has 1 amide bonds. The van der Waals surface area contributed by atoms with Crippen molar-refractivity contribution in [3.05, 3.63) is 29.1 Å². The molecule has 4 unspecified atom stereocenters. The highest BCUT2D eigenvalue weighted by atomic mass is 19.4. The van der Waals surface area contributed by atoms with Gasteiger partial charge in [0.25, 0.3) is 0 Å². The minimum Gasteiger partial charge on any atom is -0.337 e. The standard InChI is InChI=1S/C28H38F3N3O/c29-28(30,31)22-14-20-18-33(13-10-24(20)32-17-22)26(35)27-11-4-8-21(27)15-23(16-27)34-12-5-9-25(34)19-6-2-1-3-7-19/h14,17,19,21,23,25H,1-13,15-16,18H2. The molecule has 2 aliphatic heterocycles. The van der Waals surface area contributed by atoms with E-state index in [1.54, 1.807) is 0 Å². The Balaban J connectivity index is 1.20. The van der Waals surface area contributed by atoms with Gasteiger partial charge in [0.05, 0.1) is 11.0 Å². The van der Waals surface area contributed by atoms with Crippen LogP contribution in [0.15, 0.2) is 12.3 Å². The number of likely N-dealkylation sites (tertiary alicyclic amines) is 1. The summed E-state index contributed by atoms with van der Waals surface area (Å²) in [5.74, 6) is 1.46. The first kappa shape index (κ1) is 23.7. The largest absolute Gasteiger partial charge is 0.417 e. The highest BCUT2D eigenvalue weighted by molar-refractivity contribution is 5.84. The number of fused-ring (bicyclic) bond motifs is 2. The third-order valence-electron chi connectivity index (χ3n) is 10.2. The number of aromatic nitrogens is 1. The number of pyridine rings is 1. The van der Waals surface area contributed by atoms with E-state index in [1.807, 2.05) is 4.90 Å². The van der Waals surface area contributed by atoms with Crippen LogP contribution >= 0.6 is 0 Å². The molecule has 3 heterocycles. The fraction of sp³-hybridized carbons (Fsp3) is 0.786. The highest BCUT2D eigenvalue weighted by Crippen LogP contribution is 2.57. The fourth-order valence-electron chi connectivity index (χ4n) is 8.57. The zero-order valence-corrected chi connectivity index (χ0v) is 20.7. The third kappa shape index (κ3) is 4.19. The Morgan fingerprint density at radius 3 is 2.66 bits per heavy atom. The maximum absolute atomic E-state index is 14.1. The number of carbonyl (C=O) groups excluding carboxylic acids is 1. The summed E-state index contributed by atoms with van der Waals surface area (Å²) in [7, 11) is 0. The molecule has 5 aliphatic rings. The molecule has 0 radical (unpaired) electrons. The molecule has 1 aromatic heterocycles. The molecule has 35 heavy (non-hydrogen) atoms. The van der Waals surface area contributed by atoms with Crippen LogP contribution in [0, 0.1) is 17.3 Å². The monoisotopic (exact) mass is 489 g/mol. The average molecular weight is 490 g/mol. The van der Waals surface area contributed by atoms with Crippen molar-refractivity contribution < 1.29 is 18.0 Å². The number of carbonyl (C=O) groups is 1. The van der Waals surface area contributed by atoms with Gasteiger partial charge in [-0.3, -0.25) is 14.7 Å². The number of amides is 1. The van der Waals surface area contributed by atoms with Crippen LogP contribution in [-0.4, -0.2) is 45.9 Å². The minimum atomic E-state index is -4.41. The number of hydrogen-bond acceptors (Lipinski definition) is 3. The molecule has 0 aromatic carbocycles. The van der Waals surface area contributed by atoms with Crippen molar-refractivity contribution in [2.24, 2.45) is 17.3 Å². The number of alkyl halides is 3.